The number of aryl methyl sites for hydroxylation is 1. The molecule has 3 aliphatic rings. The van der Waals surface area contributed by atoms with Crippen LogP contribution in [0.1, 0.15) is 23.1 Å². The van der Waals surface area contributed by atoms with E-state index in [1.165, 1.54) is 16.8 Å². The minimum atomic E-state index is 0.103. The van der Waals surface area contributed by atoms with Gasteiger partial charge in [0.15, 0.2) is 0 Å². The van der Waals surface area contributed by atoms with E-state index in [0.717, 1.165) is 54.2 Å². The molecule has 0 spiro atoms. The van der Waals surface area contributed by atoms with Gasteiger partial charge < -0.3 is 4.90 Å². The number of guanidine groups is 1. The van der Waals surface area contributed by atoms with Crippen molar-refractivity contribution in [3.8, 4) is 0 Å². The van der Waals surface area contributed by atoms with Crippen molar-refractivity contribution in [3.05, 3.63) is 81.0 Å². The van der Waals surface area contributed by atoms with Gasteiger partial charge in [-0.05, 0) is 24.1 Å². The highest BCUT2D eigenvalue weighted by molar-refractivity contribution is 9.10. The molecule has 0 aliphatic carbocycles. The number of halogens is 1. The lowest BCUT2D eigenvalue weighted by molar-refractivity contribution is -0.125. The van der Waals surface area contributed by atoms with Gasteiger partial charge >= 0.3 is 0 Å². The molecule has 5 nitrogen and oxygen atoms in total. The normalized spacial score (nSPS) is 19.1. The number of carbonyl (C=O) groups excluding carboxylic acids is 1. The molecule has 0 fully saturated rings. The summed E-state index contributed by atoms with van der Waals surface area (Å²) in [6, 6.07) is 16.7. The Morgan fingerprint density at radius 2 is 1.93 bits per heavy atom. The number of aliphatic imine (C=N–C) groups is 1. The Morgan fingerprint density at radius 3 is 2.77 bits per heavy atom. The van der Waals surface area contributed by atoms with Gasteiger partial charge in [-0.25, -0.2) is 0 Å². The van der Waals surface area contributed by atoms with Crippen LogP contribution in [-0.4, -0.2) is 52.7 Å². The monoisotopic (exact) mass is 464 g/mol. The second-order valence-electron chi connectivity index (χ2n) is 8.19. The number of hydrogen-bond donors (Lipinski definition) is 0. The predicted molar refractivity (Wildman–Crippen MR) is 122 cm³/mol. The fraction of sp³-hybridized carbons (Fsp3) is 0.333. The van der Waals surface area contributed by atoms with Crippen molar-refractivity contribution >= 4 is 27.8 Å². The molecule has 1 amide bonds. The van der Waals surface area contributed by atoms with Crippen molar-refractivity contribution in [3.63, 3.8) is 0 Å². The van der Waals surface area contributed by atoms with Crippen molar-refractivity contribution in [2.24, 2.45) is 4.99 Å². The Bertz CT molecular complexity index is 1060. The molecule has 0 aromatic heterocycles. The SMILES string of the molecule is Cc1cccc(CN2CCC3=C(C2)C(=O)N(Cc2ccccc2Br)C2=NCCN23)c1. The fourth-order valence-corrected chi connectivity index (χ4v) is 5.03. The number of rotatable bonds is 4. The lowest BCUT2D eigenvalue weighted by atomic mass is 10.00. The van der Waals surface area contributed by atoms with Crippen LogP contribution in [0, 0.1) is 6.92 Å². The van der Waals surface area contributed by atoms with E-state index in [0.29, 0.717) is 13.1 Å². The Hall–Kier alpha value is -2.44. The van der Waals surface area contributed by atoms with Gasteiger partial charge in [0.1, 0.15) is 0 Å². The van der Waals surface area contributed by atoms with Crippen LogP contribution in [0.4, 0.5) is 0 Å². The molecule has 30 heavy (non-hydrogen) atoms. The second-order valence-corrected chi connectivity index (χ2v) is 9.05. The molecular weight excluding hydrogens is 440 g/mol. The van der Waals surface area contributed by atoms with Gasteiger partial charge in [0, 0.05) is 42.8 Å². The zero-order valence-corrected chi connectivity index (χ0v) is 18.7. The molecule has 2 aromatic carbocycles. The van der Waals surface area contributed by atoms with Crippen molar-refractivity contribution < 1.29 is 4.79 Å². The maximum atomic E-state index is 13.6. The predicted octanol–water partition coefficient (Wildman–Crippen LogP) is 3.93. The van der Waals surface area contributed by atoms with Crippen LogP contribution in [0.5, 0.6) is 0 Å². The van der Waals surface area contributed by atoms with E-state index in [1.807, 2.05) is 23.1 Å². The van der Waals surface area contributed by atoms with E-state index in [4.69, 9.17) is 0 Å². The molecule has 0 saturated heterocycles. The first-order valence-corrected chi connectivity index (χ1v) is 11.3. The molecule has 0 N–H and O–H groups in total. The zero-order chi connectivity index (χ0) is 20.7. The fourth-order valence-electron chi connectivity index (χ4n) is 4.62. The molecule has 2 aromatic rings. The zero-order valence-electron chi connectivity index (χ0n) is 17.1. The summed E-state index contributed by atoms with van der Waals surface area (Å²) in [5.41, 5.74) is 5.78. The third-order valence-corrected chi connectivity index (χ3v) is 6.83. The van der Waals surface area contributed by atoms with Crippen molar-refractivity contribution in [2.75, 3.05) is 26.2 Å². The molecule has 0 atom stereocenters. The molecule has 0 saturated carbocycles. The van der Waals surface area contributed by atoms with E-state index >= 15 is 0 Å². The maximum Gasteiger partial charge on any atom is 0.259 e. The van der Waals surface area contributed by atoms with E-state index < -0.39 is 0 Å². The van der Waals surface area contributed by atoms with Gasteiger partial charge in [-0.3, -0.25) is 19.6 Å². The number of nitrogens with zero attached hydrogens (tertiary/aromatic N) is 4. The third-order valence-electron chi connectivity index (χ3n) is 6.06. The van der Waals surface area contributed by atoms with E-state index in [1.54, 1.807) is 0 Å². The highest BCUT2D eigenvalue weighted by Crippen LogP contribution is 2.33. The largest absolute Gasteiger partial charge is 0.314 e. The molecule has 0 radical (unpaired) electrons. The van der Waals surface area contributed by atoms with Crippen molar-refractivity contribution in [1.29, 1.82) is 0 Å². The van der Waals surface area contributed by atoms with Crippen LogP contribution >= 0.6 is 15.9 Å². The van der Waals surface area contributed by atoms with Crippen LogP contribution in [-0.2, 0) is 17.9 Å². The summed E-state index contributed by atoms with van der Waals surface area (Å²) < 4.78 is 1.02. The summed E-state index contributed by atoms with van der Waals surface area (Å²) >= 11 is 3.63. The molecule has 3 aliphatic heterocycles. The van der Waals surface area contributed by atoms with Gasteiger partial charge in [0.05, 0.1) is 18.7 Å². The Kier molecular flexibility index (Phi) is 5.21. The highest BCUT2D eigenvalue weighted by atomic mass is 79.9. The average Bonchev–Trinajstić information content (AvgIpc) is 3.22. The summed E-state index contributed by atoms with van der Waals surface area (Å²) in [6.45, 7) is 6.80. The standard InChI is InChI=1S/C24H25BrN4O/c1-17-5-4-6-18(13-17)14-27-11-9-22-20(16-27)23(30)29(24-26-10-12-28(22)24)15-19-7-2-3-8-21(19)25/h2-8,13H,9-12,14-16H2,1H3. The quantitative estimate of drug-likeness (QED) is 0.687. The lowest BCUT2D eigenvalue weighted by Crippen LogP contribution is -2.53. The molecule has 5 rings (SSSR count). The van der Waals surface area contributed by atoms with Crippen LogP contribution in [0.3, 0.4) is 0 Å². The minimum absolute atomic E-state index is 0.103. The summed E-state index contributed by atoms with van der Waals surface area (Å²) in [7, 11) is 0. The van der Waals surface area contributed by atoms with Crippen LogP contribution < -0.4 is 0 Å². The number of fused-ring (bicyclic) bond motifs is 2. The average molecular weight is 465 g/mol. The van der Waals surface area contributed by atoms with Crippen molar-refractivity contribution in [1.82, 2.24) is 14.7 Å². The van der Waals surface area contributed by atoms with Gasteiger partial charge in [-0.1, -0.05) is 64.0 Å². The second kappa shape index (κ2) is 8.00. The lowest BCUT2D eigenvalue weighted by Gasteiger charge is -2.42. The van der Waals surface area contributed by atoms with Crippen LogP contribution in [0.2, 0.25) is 0 Å². The summed E-state index contributed by atoms with van der Waals surface area (Å²) in [6.07, 6.45) is 0.898. The minimum Gasteiger partial charge on any atom is -0.314 e. The first-order valence-electron chi connectivity index (χ1n) is 10.5. The summed E-state index contributed by atoms with van der Waals surface area (Å²) in [4.78, 5) is 24.8. The topological polar surface area (TPSA) is 39.2 Å². The van der Waals surface area contributed by atoms with Gasteiger partial charge in [0.25, 0.3) is 5.91 Å². The third kappa shape index (κ3) is 3.59. The van der Waals surface area contributed by atoms with Crippen molar-refractivity contribution in [2.45, 2.75) is 26.4 Å². The van der Waals surface area contributed by atoms with Gasteiger partial charge in [0.2, 0.25) is 5.96 Å². The molecule has 0 bridgehead atoms. The van der Waals surface area contributed by atoms with E-state index in [-0.39, 0.29) is 5.91 Å². The summed E-state index contributed by atoms with van der Waals surface area (Å²) in [5.74, 6) is 0.924. The number of carbonyl (C=O) groups is 1. The van der Waals surface area contributed by atoms with Crippen LogP contribution in [0.25, 0.3) is 0 Å². The Balaban J connectivity index is 1.41. The first-order chi connectivity index (χ1) is 14.6. The van der Waals surface area contributed by atoms with E-state index in [2.05, 4.69) is 68.0 Å². The molecule has 0 unspecified atom stereocenters. The maximum absolute atomic E-state index is 13.6. The van der Waals surface area contributed by atoms with E-state index in [9.17, 15) is 4.79 Å². The van der Waals surface area contributed by atoms with Crippen LogP contribution in [0.15, 0.2) is 69.3 Å². The Labute approximate surface area is 185 Å². The van der Waals surface area contributed by atoms with Gasteiger partial charge in [-0.15, -0.1) is 0 Å². The molecule has 3 heterocycles. The number of hydrogen-bond acceptors (Lipinski definition) is 4. The number of amides is 1. The smallest absolute Gasteiger partial charge is 0.259 e. The number of benzene rings is 2. The Morgan fingerprint density at radius 1 is 1.07 bits per heavy atom. The summed E-state index contributed by atoms with van der Waals surface area (Å²) in [5, 5.41) is 0. The van der Waals surface area contributed by atoms with Gasteiger partial charge in [-0.2, -0.15) is 0 Å². The molecule has 6 heteroatoms. The highest BCUT2D eigenvalue weighted by Gasteiger charge is 2.41. The molecule has 154 valence electrons. The molecular formula is C24H25BrN4O. The first kappa shape index (κ1) is 19.5.